The van der Waals surface area contributed by atoms with Crippen molar-refractivity contribution in [1.29, 1.82) is 5.26 Å². The monoisotopic (exact) mass is 260 g/mol. The molecule has 0 saturated carbocycles. The number of nitrogens with zero attached hydrogens (tertiary/aromatic N) is 2. The predicted octanol–water partition coefficient (Wildman–Crippen LogP) is 3.67. The maximum absolute atomic E-state index is 12.9. The topological polar surface area (TPSA) is 36.7 Å². The van der Waals surface area contributed by atoms with Crippen LogP contribution >= 0.6 is 11.3 Å². The number of nitriles is 1. The van der Waals surface area contributed by atoms with E-state index < -0.39 is 0 Å². The Morgan fingerprint density at radius 1 is 1.33 bits per heavy atom. The first-order valence-electron chi connectivity index (χ1n) is 5.62. The Bertz CT molecular complexity index is 579. The zero-order valence-corrected chi connectivity index (χ0v) is 11.1. The van der Waals surface area contributed by atoms with Gasteiger partial charge in [0, 0.05) is 10.8 Å². The summed E-state index contributed by atoms with van der Waals surface area (Å²) in [6, 6.07) is 8.57. The van der Waals surface area contributed by atoms with E-state index >= 15 is 0 Å². The molecule has 0 aliphatic rings. The maximum atomic E-state index is 12.9. The Balaban J connectivity index is 2.34. The molecule has 1 aromatic heterocycles. The highest BCUT2D eigenvalue weighted by Gasteiger charge is 2.26. The number of hydrogen-bond acceptors (Lipinski definition) is 3. The first-order valence-corrected chi connectivity index (χ1v) is 6.50. The summed E-state index contributed by atoms with van der Waals surface area (Å²) in [5, 5.41) is 11.5. The summed E-state index contributed by atoms with van der Waals surface area (Å²) in [7, 11) is 0. The average molecular weight is 260 g/mol. The molecule has 92 valence electrons. The largest absolute Gasteiger partial charge is 0.244 e. The highest BCUT2D eigenvalue weighted by Crippen LogP contribution is 2.33. The molecule has 0 atom stereocenters. The molecule has 0 saturated heterocycles. The molecule has 2 nitrogen and oxygen atoms in total. The van der Waals surface area contributed by atoms with Gasteiger partial charge >= 0.3 is 0 Å². The van der Waals surface area contributed by atoms with Gasteiger partial charge in [-0.3, -0.25) is 0 Å². The van der Waals surface area contributed by atoms with E-state index in [1.807, 2.05) is 5.38 Å². The smallest absolute Gasteiger partial charge is 0.123 e. The molecule has 0 radical (unpaired) electrons. The molecule has 2 rings (SSSR count). The van der Waals surface area contributed by atoms with Gasteiger partial charge in [0.2, 0.25) is 0 Å². The van der Waals surface area contributed by atoms with Crippen LogP contribution in [0.2, 0.25) is 0 Å². The summed E-state index contributed by atoms with van der Waals surface area (Å²) in [6.45, 7) is 4.10. The van der Waals surface area contributed by atoms with Gasteiger partial charge in [-0.1, -0.05) is 12.1 Å². The fourth-order valence-electron chi connectivity index (χ4n) is 1.75. The summed E-state index contributed by atoms with van der Waals surface area (Å²) < 4.78 is 12.9. The zero-order chi connectivity index (χ0) is 13.2. The Kier molecular flexibility index (Phi) is 3.44. The van der Waals surface area contributed by atoms with Crippen LogP contribution in [0.3, 0.4) is 0 Å². The molecule has 0 fully saturated rings. The lowest BCUT2D eigenvalue weighted by molar-refractivity contribution is 0.611. The van der Waals surface area contributed by atoms with Crippen LogP contribution in [-0.2, 0) is 11.8 Å². The van der Waals surface area contributed by atoms with Gasteiger partial charge in [-0.05, 0) is 31.5 Å². The molecular formula is C14H13FN2S. The van der Waals surface area contributed by atoms with E-state index in [9.17, 15) is 4.39 Å². The number of halogens is 1. The highest BCUT2D eigenvalue weighted by molar-refractivity contribution is 7.09. The van der Waals surface area contributed by atoms with Gasteiger partial charge in [-0.15, -0.1) is 11.3 Å². The zero-order valence-electron chi connectivity index (χ0n) is 10.3. The van der Waals surface area contributed by atoms with Gasteiger partial charge in [-0.25, -0.2) is 9.37 Å². The number of rotatable bonds is 3. The average Bonchev–Trinajstić information content (AvgIpc) is 2.79. The van der Waals surface area contributed by atoms with Gasteiger partial charge in [0.25, 0.3) is 0 Å². The SMILES string of the molecule is CC(C)(c1ccc(F)cc1)c1nc(CC#N)cs1. The summed E-state index contributed by atoms with van der Waals surface area (Å²) in [4.78, 5) is 4.47. The molecule has 0 spiro atoms. The summed E-state index contributed by atoms with van der Waals surface area (Å²) in [5.41, 5.74) is 1.54. The van der Waals surface area contributed by atoms with Crippen molar-refractivity contribution < 1.29 is 4.39 Å². The molecular weight excluding hydrogens is 247 g/mol. The molecule has 1 heterocycles. The second-order valence-corrected chi connectivity index (χ2v) is 5.47. The number of hydrogen-bond donors (Lipinski definition) is 0. The molecule has 0 aliphatic heterocycles. The van der Waals surface area contributed by atoms with Crippen molar-refractivity contribution in [2.75, 3.05) is 0 Å². The summed E-state index contributed by atoms with van der Waals surface area (Å²) in [6.07, 6.45) is 0.329. The Morgan fingerprint density at radius 2 is 2.00 bits per heavy atom. The van der Waals surface area contributed by atoms with E-state index in [4.69, 9.17) is 5.26 Å². The molecule has 0 aliphatic carbocycles. The standard InChI is InChI=1S/C14H13FN2S/c1-14(2,10-3-5-11(15)6-4-10)13-17-12(7-8-16)9-18-13/h3-6,9H,7H2,1-2H3. The van der Waals surface area contributed by atoms with Crippen molar-refractivity contribution >= 4 is 11.3 Å². The maximum Gasteiger partial charge on any atom is 0.123 e. The Hall–Kier alpha value is -1.73. The van der Waals surface area contributed by atoms with E-state index in [1.54, 1.807) is 12.1 Å². The number of aromatic nitrogens is 1. The van der Waals surface area contributed by atoms with E-state index in [-0.39, 0.29) is 11.2 Å². The van der Waals surface area contributed by atoms with Crippen LogP contribution in [-0.4, -0.2) is 4.98 Å². The van der Waals surface area contributed by atoms with Crippen LogP contribution in [0.5, 0.6) is 0 Å². The molecule has 0 bridgehead atoms. The van der Waals surface area contributed by atoms with Gasteiger partial charge in [0.15, 0.2) is 0 Å². The molecule has 0 unspecified atom stereocenters. The molecule has 0 amide bonds. The van der Waals surface area contributed by atoms with Gasteiger partial charge in [-0.2, -0.15) is 5.26 Å². The van der Waals surface area contributed by atoms with E-state index in [0.29, 0.717) is 6.42 Å². The minimum absolute atomic E-state index is 0.237. The third-order valence-electron chi connectivity index (χ3n) is 2.91. The lowest BCUT2D eigenvalue weighted by Gasteiger charge is -2.22. The van der Waals surface area contributed by atoms with E-state index in [2.05, 4.69) is 24.9 Å². The van der Waals surface area contributed by atoms with E-state index in [0.717, 1.165) is 16.3 Å². The Labute approximate surface area is 110 Å². The van der Waals surface area contributed by atoms with Gasteiger partial charge < -0.3 is 0 Å². The molecule has 18 heavy (non-hydrogen) atoms. The van der Waals surface area contributed by atoms with Crippen LogP contribution in [0.4, 0.5) is 4.39 Å². The molecule has 4 heteroatoms. The second-order valence-electron chi connectivity index (χ2n) is 4.61. The highest BCUT2D eigenvalue weighted by atomic mass is 32.1. The normalized spacial score (nSPS) is 11.2. The van der Waals surface area contributed by atoms with Crippen molar-refractivity contribution in [2.24, 2.45) is 0 Å². The molecule has 0 N–H and O–H groups in total. The molecule has 2 aromatic rings. The van der Waals surface area contributed by atoms with Gasteiger partial charge in [0.1, 0.15) is 10.8 Å². The van der Waals surface area contributed by atoms with Crippen molar-refractivity contribution in [3.05, 3.63) is 51.7 Å². The summed E-state index contributed by atoms with van der Waals surface area (Å²) >= 11 is 1.54. The van der Waals surface area contributed by atoms with Crippen molar-refractivity contribution in [1.82, 2.24) is 4.98 Å². The third-order valence-corrected chi connectivity index (χ3v) is 4.13. The third kappa shape index (κ3) is 2.41. The lowest BCUT2D eigenvalue weighted by Crippen LogP contribution is -2.18. The van der Waals surface area contributed by atoms with Crippen molar-refractivity contribution in [3.8, 4) is 6.07 Å². The van der Waals surface area contributed by atoms with Gasteiger partial charge in [0.05, 0.1) is 18.2 Å². The summed E-state index contributed by atoms with van der Waals surface area (Å²) in [5.74, 6) is -0.237. The van der Waals surface area contributed by atoms with Crippen LogP contribution in [0.25, 0.3) is 0 Å². The van der Waals surface area contributed by atoms with Crippen molar-refractivity contribution in [3.63, 3.8) is 0 Å². The predicted molar refractivity (Wildman–Crippen MR) is 70.0 cm³/mol. The van der Waals surface area contributed by atoms with Crippen LogP contribution in [0.1, 0.15) is 30.1 Å². The van der Waals surface area contributed by atoms with E-state index in [1.165, 1.54) is 23.5 Å². The minimum Gasteiger partial charge on any atom is -0.244 e. The molecule has 1 aromatic carbocycles. The first kappa shape index (κ1) is 12.7. The van der Waals surface area contributed by atoms with Crippen LogP contribution in [0.15, 0.2) is 29.6 Å². The quantitative estimate of drug-likeness (QED) is 0.844. The van der Waals surface area contributed by atoms with Crippen LogP contribution < -0.4 is 0 Å². The fraction of sp³-hybridized carbons (Fsp3) is 0.286. The number of benzene rings is 1. The second kappa shape index (κ2) is 4.87. The fourth-order valence-corrected chi connectivity index (χ4v) is 2.71. The minimum atomic E-state index is -0.272. The number of thiazole rings is 1. The first-order chi connectivity index (χ1) is 8.54. The van der Waals surface area contributed by atoms with Crippen molar-refractivity contribution in [2.45, 2.75) is 25.7 Å². The van der Waals surface area contributed by atoms with Crippen LogP contribution in [0, 0.1) is 17.1 Å². The lowest BCUT2D eigenvalue weighted by atomic mass is 9.85. The Morgan fingerprint density at radius 3 is 2.61 bits per heavy atom.